The highest BCUT2D eigenvalue weighted by atomic mass is 32.2. The van der Waals surface area contributed by atoms with Gasteiger partial charge in [0.2, 0.25) is 5.91 Å². The minimum atomic E-state index is -4.72. The van der Waals surface area contributed by atoms with Gasteiger partial charge in [-0.15, -0.1) is 11.3 Å². The van der Waals surface area contributed by atoms with Crippen molar-refractivity contribution < 1.29 is 32.3 Å². The number of nitrogens with one attached hydrogen (secondary N) is 1. The van der Waals surface area contributed by atoms with Gasteiger partial charge in [0, 0.05) is 19.7 Å². The molecule has 0 saturated heterocycles. The summed E-state index contributed by atoms with van der Waals surface area (Å²) in [4.78, 5) is 48.0. The molecule has 0 aliphatic heterocycles. The number of thioether (sulfide) groups is 1. The van der Waals surface area contributed by atoms with Gasteiger partial charge in [-0.3, -0.25) is 9.59 Å². The van der Waals surface area contributed by atoms with Gasteiger partial charge in [-0.2, -0.15) is 13.2 Å². The van der Waals surface area contributed by atoms with Crippen LogP contribution in [-0.4, -0.2) is 58.6 Å². The van der Waals surface area contributed by atoms with E-state index < -0.39 is 29.0 Å². The number of esters is 1. The topological polar surface area (TPSA) is 101 Å². The maximum Gasteiger partial charge on any atom is 0.433 e. The Morgan fingerprint density at radius 3 is 2.41 bits per heavy atom. The molecule has 8 nitrogen and oxygen atoms in total. The molecule has 0 aliphatic carbocycles. The summed E-state index contributed by atoms with van der Waals surface area (Å²) in [5, 5.41) is 1.57. The Morgan fingerprint density at radius 1 is 1.15 bits per heavy atom. The van der Waals surface area contributed by atoms with Crippen LogP contribution in [0.2, 0.25) is 0 Å². The van der Waals surface area contributed by atoms with E-state index in [0.29, 0.717) is 17.5 Å². The van der Waals surface area contributed by atoms with Gasteiger partial charge in [0.05, 0.1) is 28.0 Å². The van der Waals surface area contributed by atoms with Crippen molar-refractivity contribution in [3.05, 3.63) is 58.1 Å². The van der Waals surface area contributed by atoms with Crippen LogP contribution >= 0.6 is 23.1 Å². The normalized spacial score (nSPS) is 12.1. The second kappa shape index (κ2) is 12.6. The summed E-state index contributed by atoms with van der Waals surface area (Å²) in [6, 6.07) is 9.18. The van der Waals surface area contributed by atoms with E-state index in [1.807, 2.05) is 6.92 Å². The third-order valence-electron chi connectivity index (χ3n) is 5.34. The second-order valence-electron chi connectivity index (χ2n) is 8.63. The number of carbonyl (C=O) groups excluding carboxylic acids is 3. The lowest BCUT2D eigenvalue weighted by molar-refractivity contribution is -0.141. The molecular weight excluding hydrogens is 553 g/mol. The van der Waals surface area contributed by atoms with Crippen LogP contribution < -0.4 is 5.32 Å². The molecule has 39 heavy (non-hydrogen) atoms. The molecule has 1 N–H and O–H groups in total. The van der Waals surface area contributed by atoms with Crippen LogP contribution in [0, 0.1) is 6.92 Å². The van der Waals surface area contributed by atoms with E-state index in [0.717, 1.165) is 29.2 Å². The Bertz CT molecular complexity index is 1360. The summed E-state index contributed by atoms with van der Waals surface area (Å²) < 4.78 is 45.9. The van der Waals surface area contributed by atoms with E-state index in [1.54, 1.807) is 51.4 Å². The molecule has 3 aromatic rings. The molecule has 2 amide bonds. The zero-order valence-corrected chi connectivity index (χ0v) is 23.5. The number of rotatable bonds is 9. The Morgan fingerprint density at radius 2 is 1.82 bits per heavy atom. The molecule has 0 saturated carbocycles. The van der Waals surface area contributed by atoms with E-state index in [1.165, 1.54) is 11.8 Å². The number of nitrogens with zero attached hydrogens (tertiary/aromatic N) is 3. The lowest BCUT2D eigenvalue weighted by atomic mass is 10.1. The number of benzene rings is 1. The van der Waals surface area contributed by atoms with Crippen molar-refractivity contribution in [2.24, 2.45) is 0 Å². The lowest BCUT2D eigenvalue weighted by Crippen LogP contribution is -2.24. The first-order valence-electron chi connectivity index (χ1n) is 11.8. The molecule has 0 bridgehead atoms. The molecule has 0 aliphatic rings. The zero-order valence-electron chi connectivity index (χ0n) is 21.9. The van der Waals surface area contributed by atoms with Gasteiger partial charge >= 0.3 is 12.1 Å². The van der Waals surface area contributed by atoms with Gasteiger partial charge in [-0.05, 0) is 31.9 Å². The van der Waals surface area contributed by atoms with E-state index in [4.69, 9.17) is 4.74 Å². The first-order valence-corrected chi connectivity index (χ1v) is 13.5. The molecule has 0 unspecified atom stereocenters. The standard InChI is InChI=1S/C26H27F3N4O4S2/c1-6-12-37-24(36)19-14(2)20(23(35)33(4)5)39-22(19)32-21(34)15(3)38-25-30-17(16-10-8-7-9-11-16)13-18(31-25)26(27,28)29/h7-11,13,15H,6,12H2,1-5H3,(H,32,34)/t15-/m1/s1. The Kier molecular flexibility index (Phi) is 9.73. The number of anilines is 1. The highest BCUT2D eigenvalue weighted by Crippen LogP contribution is 2.36. The summed E-state index contributed by atoms with van der Waals surface area (Å²) in [6.07, 6.45) is -4.14. The summed E-state index contributed by atoms with van der Waals surface area (Å²) >= 11 is 1.67. The van der Waals surface area contributed by atoms with E-state index in [9.17, 15) is 27.6 Å². The third kappa shape index (κ3) is 7.35. The SMILES string of the molecule is CCCOC(=O)c1c(NC(=O)[C@@H](C)Sc2nc(-c3ccccc3)cc(C(F)(F)F)n2)sc(C(=O)N(C)C)c1C. The van der Waals surface area contributed by atoms with Gasteiger partial charge in [-0.1, -0.05) is 49.0 Å². The minimum Gasteiger partial charge on any atom is -0.462 e. The predicted octanol–water partition coefficient (Wildman–Crippen LogP) is 5.92. The number of amides is 2. The van der Waals surface area contributed by atoms with Crippen molar-refractivity contribution in [3.8, 4) is 11.3 Å². The number of thiophene rings is 1. The fraction of sp³-hybridized carbons (Fsp3) is 0.346. The monoisotopic (exact) mass is 580 g/mol. The lowest BCUT2D eigenvalue weighted by Gasteiger charge is -2.14. The van der Waals surface area contributed by atoms with Crippen LogP contribution in [0.1, 0.15) is 51.6 Å². The maximum atomic E-state index is 13.6. The van der Waals surface area contributed by atoms with Gasteiger partial charge in [0.1, 0.15) is 10.7 Å². The molecule has 13 heteroatoms. The Hall–Kier alpha value is -3.45. The molecule has 2 heterocycles. The van der Waals surface area contributed by atoms with Gasteiger partial charge < -0.3 is 15.0 Å². The smallest absolute Gasteiger partial charge is 0.433 e. The number of carbonyl (C=O) groups is 3. The van der Waals surface area contributed by atoms with Crippen LogP contribution in [0.4, 0.5) is 18.2 Å². The first kappa shape index (κ1) is 30.1. The molecule has 0 spiro atoms. The van der Waals surface area contributed by atoms with Crippen molar-refractivity contribution in [3.63, 3.8) is 0 Å². The predicted molar refractivity (Wildman–Crippen MR) is 144 cm³/mol. The summed E-state index contributed by atoms with van der Waals surface area (Å²) in [5.41, 5.74) is -0.176. The van der Waals surface area contributed by atoms with Crippen molar-refractivity contribution in [2.45, 2.75) is 43.8 Å². The molecule has 208 valence electrons. The number of alkyl halides is 3. The Labute approximate surface area is 232 Å². The van der Waals surface area contributed by atoms with E-state index in [2.05, 4.69) is 15.3 Å². The van der Waals surface area contributed by atoms with E-state index >= 15 is 0 Å². The third-order valence-corrected chi connectivity index (χ3v) is 7.50. The van der Waals surface area contributed by atoms with Crippen LogP contribution in [0.3, 0.4) is 0 Å². The maximum absolute atomic E-state index is 13.6. The number of aromatic nitrogens is 2. The summed E-state index contributed by atoms with van der Waals surface area (Å²) in [7, 11) is 3.12. The molecule has 1 atom stereocenters. The number of halogens is 3. The second-order valence-corrected chi connectivity index (χ2v) is 11.0. The average Bonchev–Trinajstić information content (AvgIpc) is 3.21. The number of hydrogen-bond acceptors (Lipinski definition) is 8. The number of ether oxygens (including phenoxy) is 1. The highest BCUT2D eigenvalue weighted by molar-refractivity contribution is 8.00. The Balaban J connectivity index is 1.91. The molecule has 3 rings (SSSR count). The van der Waals surface area contributed by atoms with E-state index in [-0.39, 0.29) is 38.8 Å². The quantitative estimate of drug-likeness (QED) is 0.190. The van der Waals surface area contributed by atoms with Crippen LogP contribution in [0.25, 0.3) is 11.3 Å². The summed E-state index contributed by atoms with van der Waals surface area (Å²) in [6.45, 7) is 5.05. The van der Waals surface area contributed by atoms with Crippen molar-refractivity contribution >= 4 is 45.9 Å². The van der Waals surface area contributed by atoms with Crippen molar-refractivity contribution in [1.82, 2.24) is 14.9 Å². The zero-order chi connectivity index (χ0) is 28.9. The van der Waals surface area contributed by atoms with Crippen LogP contribution in [0.5, 0.6) is 0 Å². The van der Waals surface area contributed by atoms with Crippen molar-refractivity contribution in [1.29, 1.82) is 0 Å². The minimum absolute atomic E-state index is 0.0610. The van der Waals surface area contributed by atoms with Gasteiger partial charge in [0.15, 0.2) is 5.16 Å². The van der Waals surface area contributed by atoms with Gasteiger partial charge in [0.25, 0.3) is 5.91 Å². The van der Waals surface area contributed by atoms with Crippen molar-refractivity contribution in [2.75, 3.05) is 26.0 Å². The molecule has 1 aromatic carbocycles. The van der Waals surface area contributed by atoms with Crippen LogP contribution in [0.15, 0.2) is 41.6 Å². The largest absolute Gasteiger partial charge is 0.462 e. The average molecular weight is 581 g/mol. The van der Waals surface area contributed by atoms with Crippen LogP contribution in [-0.2, 0) is 15.7 Å². The highest BCUT2D eigenvalue weighted by Gasteiger charge is 2.34. The fourth-order valence-corrected chi connectivity index (χ4v) is 5.33. The fourth-order valence-electron chi connectivity index (χ4n) is 3.33. The molecule has 0 fully saturated rings. The molecule has 0 radical (unpaired) electrons. The summed E-state index contributed by atoms with van der Waals surface area (Å²) in [5.74, 6) is -1.65. The van der Waals surface area contributed by atoms with Gasteiger partial charge in [-0.25, -0.2) is 14.8 Å². The molecule has 2 aromatic heterocycles. The molecular formula is C26H27F3N4O4S2. The number of hydrogen-bond donors (Lipinski definition) is 1. The first-order chi connectivity index (χ1) is 18.3.